The summed E-state index contributed by atoms with van der Waals surface area (Å²) in [5.74, 6) is 0.669. The Kier molecular flexibility index (Phi) is 4.25. The van der Waals surface area contributed by atoms with Crippen molar-refractivity contribution in [3.8, 4) is 0 Å². The van der Waals surface area contributed by atoms with Gasteiger partial charge in [0.25, 0.3) is 0 Å². The zero-order valence-electron chi connectivity index (χ0n) is 10.6. The molecule has 0 radical (unpaired) electrons. The number of hydrogen-bond donors (Lipinski definition) is 0. The van der Waals surface area contributed by atoms with Crippen LogP contribution in [0.25, 0.3) is 0 Å². The van der Waals surface area contributed by atoms with Crippen molar-refractivity contribution < 1.29 is 4.39 Å². The normalized spacial score (nSPS) is 10.6. The first kappa shape index (κ1) is 13.0. The molecular formula is C13H16FN3S. The van der Waals surface area contributed by atoms with Gasteiger partial charge in [0.2, 0.25) is 5.13 Å². The van der Waals surface area contributed by atoms with Crippen molar-refractivity contribution in [1.29, 1.82) is 0 Å². The molecule has 0 atom stereocenters. The summed E-state index contributed by atoms with van der Waals surface area (Å²) in [6.45, 7) is 5.59. The molecule has 2 rings (SSSR count). The Balaban J connectivity index is 2.14. The molecule has 0 spiro atoms. The van der Waals surface area contributed by atoms with E-state index in [9.17, 15) is 4.39 Å². The molecule has 5 heteroatoms. The van der Waals surface area contributed by atoms with Crippen LogP contribution in [-0.4, -0.2) is 15.9 Å². The van der Waals surface area contributed by atoms with Gasteiger partial charge in [0.15, 0.2) is 0 Å². The standard InChI is InChI=1S/C13H16FN3S/c1-3-12-15-13(18-16-12)17(4-2)9-10-6-5-7-11(14)8-10/h5-8H,3-4,9H2,1-2H3. The molecule has 0 bridgehead atoms. The molecule has 1 aromatic heterocycles. The van der Waals surface area contributed by atoms with E-state index in [4.69, 9.17) is 0 Å². The van der Waals surface area contributed by atoms with Crippen LogP contribution in [0.15, 0.2) is 24.3 Å². The molecule has 0 aliphatic heterocycles. The Labute approximate surface area is 110 Å². The fourth-order valence-electron chi connectivity index (χ4n) is 1.69. The van der Waals surface area contributed by atoms with Crippen LogP contribution in [0.4, 0.5) is 9.52 Å². The molecule has 1 heterocycles. The largest absolute Gasteiger partial charge is 0.343 e. The Bertz CT molecular complexity index is 512. The van der Waals surface area contributed by atoms with E-state index in [0.717, 1.165) is 29.5 Å². The molecule has 96 valence electrons. The molecule has 1 aromatic carbocycles. The van der Waals surface area contributed by atoms with E-state index in [1.54, 1.807) is 12.1 Å². The zero-order valence-corrected chi connectivity index (χ0v) is 11.4. The van der Waals surface area contributed by atoms with Crippen LogP contribution in [0.3, 0.4) is 0 Å². The van der Waals surface area contributed by atoms with Crippen molar-refractivity contribution in [3.63, 3.8) is 0 Å². The maximum atomic E-state index is 13.1. The molecule has 2 aromatic rings. The summed E-state index contributed by atoms with van der Waals surface area (Å²) in [6, 6.07) is 6.67. The first-order valence-electron chi connectivity index (χ1n) is 6.05. The molecule has 0 saturated heterocycles. The number of aryl methyl sites for hydroxylation is 1. The Hall–Kier alpha value is -1.49. The number of rotatable bonds is 5. The van der Waals surface area contributed by atoms with Crippen LogP contribution < -0.4 is 4.90 Å². The van der Waals surface area contributed by atoms with Crippen molar-refractivity contribution in [2.24, 2.45) is 0 Å². The number of benzene rings is 1. The Morgan fingerprint density at radius 2 is 2.17 bits per heavy atom. The predicted octanol–water partition coefficient (Wildman–Crippen LogP) is 3.27. The van der Waals surface area contributed by atoms with Gasteiger partial charge in [-0.2, -0.15) is 4.37 Å². The average Bonchev–Trinajstić information content (AvgIpc) is 2.84. The lowest BCUT2D eigenvalue weighted by Crippen LogP contribution is -2.21. The van der Waals surface area contributed by atoms with Crippen molar-refractivity contribution in [2.75, 3.05) is 11.4 Å². The second-order valence-corrected chi connectivity index (χ2v) is 4.72. The lowest BCUT2D eigenvalue weighted by Gasteiger charge is -2.19. The van der Waals surface area contributed by atoms with Crippen LogP contribution in [0.2, 0.25) is 0 Å². The van der Waals surface area contributed by atoms with E-state index >= 15 is 0 Å². The van der Waals surface area contributed by atoms with E-state index in [-0.39, 0.29) is 5.82 Å². The van der Waals surface area contributed by atoms with Gasteiger partial charge in [-0.25, -0.2) is 9.37 Å². The third kappa shape index (κ3) is 3.04. The van der Waals surface area contributed by atoms with E-state index in [1.165, 1.54) is 17.6 Å². The average molecular weight is 265 g/mol. The quantitative estimate of drug-likeness (QED) is 0.831. The summed E-state index contributed by atoms with van der Waals surface area (Å²) in [7, 11) is 0. The first-order valence-corrected chi connectivity index (χ1v) is 6.82. The summed E-state index contributed by atoms with van der Waals surface area (Å²) in [5.41, 5.74) is 0.949. The highest BCUT2D eigenvalue weighted by molar-refractivity contribution is 7.09. The van der Waals surface area contributed by atoms with Crippen LogP contribution in [0.1, 0.15) is 25.2 Å². The highest BCUT2D eigenvalue weighted by Crippen LogP contribution is 2.20. The zero-order chi connectivity index (χ0) is 13.0. The Morgan fingerprint density at radius 1 is 1.33 bits per heavy atom. The van der Waals surface area contributed by atoms with Gasteiger partial charge in [0.05, 0.1) is 0 Å². The molecule has 18 heavy (non-hydrogen) atoms. The van der Waals surface area contributed by atoms with E-state index in [0.29, 0.717) is 6.54 Å². The summed E-state index contributed by atoms with van der Waals surface area (Å²) in [5, 5.41) is 0.901. The maximum absolute atomic E-state index is 13.1. The number of anilines is 1. The van der Waals surface area contributed by atoms with Gasteiger partial charge in [-0.3, -0.25) is 0 Å². The molecule has 0 amide bonds. The molecule has 0 saturated carbocycles. The number of hydrogen-bond acceptors (Lipinski definition) is 4. The van der Waals surface area contributed by atoms with Gasteiger partial charge in [-0.1, -0.05) is 19.1 Å². The minimum Gasteiger partial charge on any atom is -0.343 e. The fraction of sp³-hybridized carbons (Fsp3) is 0.385. The molecule has 0 N–H and O–H groups in total. The van der Waals surface area contributed by atoms with Crippen LogP contribution >= 0.6 is 11.5 Å². The maximum Gasteiger partial charge on any atom is 0.205 e. The first-order chi connectivity index (χ1) is 8.72. The molecule has 0 aliphatic carbocycles. The number of nitrogens with zero attached hydrogens (tertiary/aromatic N) is 3. The van der Waals surface area contributed by atoms with E-state index in [2.05, 4.69) is 21.2 Å². The number of halogens is 1. The van der Waals surface area contributed by atoms with Crippen LogP contribution in [-0.2, 0) is 13.0 Å². The minimum absolute atomic E-state index is 0.199. The summed E-state index contributed by atoms with van der Waals surface area (Å²) in [4.78, 5) is 6.56. The van der Waals surface area contributed by atoms with Crippen LogP contribution in [0, 0.1) is 5.82 Å². The summed E-state index contributed by atoms with van der Waals surface area (Å²) < 4.78 is 17.4. The van der Waals surface area contributed by atoms with Gasteiger partial charge >= 0.3 is 0 Å². The molecule has 0 fully saturated rings. The van der Waals surface area contributed by atoms with Gasteiger partial charge in [0.1, 0.15) is 11.6 Å². The smallest absolute Gasteiger partial charge is 0.205 e. The highest BCUT2D eigenvalue weighted by atomic mass is 32.1. The third-order valence-electron chi connectivity index (χ3n) is 2.69. The predicted molar refractivity (Wildman–Crippen MR) is 72.4 cm³/mol. The number of aromatic nitrogens is 2. The second kappa shape index (κ2) is 5.91. The second-order valence-electron chi connectivity index (χ2n) is 3.99. The third-order valence-corrected chi connectivity index (χ3v) is 3.50. The highest BCUT2D eigenvalue weighted by Gasteiger charge is 2.11. The van der Waals surface area contributed by atoms with Gasteiger partial charge in [0, 0.05) is 31.0 Å². The van der Waals surface area contributed by atoms with E-state index < -0.39 is 0 Å². The molecular weight excluding hydrogens is 249 g/mol. The topological polar surface area (TPSA) is 29.0 Å². The fourth-order valence-corrected chi connectivity index (χ4v) is 2.50. The van der Waals surface area contributed by atoms with Crippen molar-refractivity contribution in [2.45, 2.75) is 26.8 Å². The SMILES string of the molecule is CCc1nsc(N(CC)Cc2cccc(F)c2)n1. The monoisotopic (exact) mass is 265 g/mol. The Morgan fingerprint density at radius 3 is 2.78 bits per heavy atom. The molecule has 0 aliphatic rings. The van der Waals surface area contributed by atoms with Gasteiger partial charge in [-0.15, -0.1) is 0 Å². The molecule has 3 nitrogen and oxygen atoms in total. The minimum atomic E-state index is -0.199. The van der Waals surface area contributed by atoms with Crippen LogP contribution in [0.5, 0.6) is 0 Å². The molecule has 0 unspecified atom stereocenters. The van der Waals surface area contributed by atoms with E-state index in [1.807, 2.05) is 13.0 Å². The van der Waals surface area contributed by atoms with Gasteiger partial charge < -0.3 is 4.90 Å². The van der Waals surface area contributed by atoms with Crippen molar-refractivity contribution in [3.05, 3.63) is 41.5 Å². The lowest BCUT2D eigenvalue weighted by molar-refractivity contribution is 0.624. The summed E-state index contributed by atoms with van der Waals surface area (Å²) in [6.07, 6.45) is 0.841. The lowest BCUT2D eigenvalue weighted by atomic mass is 10.2. The van der Waals surface area contributed by atoms with Crippen molar-refractivity contribution >= 4 is 16.7 Å². The summed E-state index contributed by atoms with van der Waals surface area (Å²) >= 11 is 1.40. The van der Waals surface area contributed by atoms with Gasteiger partial charge in [-0.05, 0) is 24.6 Å². The van der Waals surface area contributed by atoms with Crippen molar-refractivity contribution in [1.82, 2.24) is 9.36 Å².